The van der Waals surface area contributed by atoms with Gasteiger partial charge < -0.3 is 14.4 Å². The summed E-state index contributed by atoms with van der Waals surface area (Å²) in [6.07, 6.45) is -0.809. The molecule has 0 aliphatic carbocycles. The van der Waals surface area contributed by atoms with E-state index in [2.05, 4.69) is 15.1 Å². The zero-order chi connectivity index (χ0) is 21.5. The van der Waals surface area contributed by atoms with Gasteiger partial charge >= 0.3 is 0 Å². The minimum absolute atomic E-state index is 0.0236. The molecule has 1 atom stereocenters. The average Bonchev–Trinajstić information content (AvgIpc) is 3.22. The largest absolute Gasteiger partial charge is 0.476 e. The van der Waals surface area contributed by atoms with E-state index in [1.807, 2.05) is 32.0 Å². The minimum Gasteiger partial charge on any atom is -0.476 e. The van der Waals surface area contributed by atoms with Crippen LogP contribution in [0, 0.1) is 13.8 Å². The zero-order valence-electron chi connectivity index (χ0n) is 17.3. The SMILES string of the molecule is Cc1cc(C)n2nc(C(=O)N3C[C@H](C(=O)N4CCOCC4)Oc4ccccc43)nc2n1. The lowest BCUT2D eigenvalue weighted by Gasteiger charge is -2.36. The Bertz CT molecular complexity index is 1170. The van der Waals surface area contributed by atoms with Gasteiger partial charge in [0.05, 0.1) is 25.4 Å². The van der Waals surface area contributed by atoms with Gasteiger partial charge in [-0.15, -0.1) is 5.10 Å². The summed E-state index contributed by atoms with van der Waals surface area (Å²) < 4.78 is 12.9. The van der Waals surface area contributed by atoms with Crippen molar-refractivity contribution in [1.82, 2.24) is 24.5 Å². The van der Waals surface area contributed by atoms with Crippen molar-refractivity contribution in [2.24, 2.45) is 0 Å². The Hall–Kier alpha value is -3.53. The van der Waals surface area contributed by atoms with Crippen molar-refractivity contribution >= 4 is 23.3 Å². The highest BCUT2D eigenvalue weighted by atomic mass is 16.5. The third-order valence-electron chi connectivity index (χ3n) is 5.43. The van der Waals surface area contributed by atoms with Crippen molar-refractivity contribution in [3.8, 4) is 5.75 Å². The van der Waals surface area contributed by atoms with Crippen LogP contribution in [-0.2, 0) is 9.53 Å². The molecule has 0 unspecified atom stereocenters. The highest BCUT2D eigenvalue weighted by molar-refractivity contribution is 6.05. The number of nitrogens with zero attached hydrogens (tertiary/aromatic N) is 6. The van der Waals surface area contributed by atoms with Gasteiger partial charge in [-0.05, 0) is 32.0 Å². The van der Waals surface area contributed by atoms with Crippen molar-refractivity contribution in [3.63, 3.8) is 0 Å². The molecule has 0 radical (unpaired) electrons. The van der Waals surface area contributed by atoms with Gasteiger partial charge in [0, 0.05) is 24.5 Å². The molecule has 2 amide bonds. The standard InChI is InChI=1S/C21H22N6O4/c1-13-11-14(2)27-21(22-13)23-18(24-27)20(29)26-12-17(19(28)25-7-9-30-10-8-25)31-16-6-4-3-5-15(16)26/h3-6,11,17H,7-10,12H2,1-2H3/t17-/m1/s1. The van der Waals surface area contributed by atoms with E-state index in [0.717, 1.165) is 11.4 Å². The molecule has 0 spiro atoms. The number of carbonyl (C=O) groups is 2. The van der Waals surface area contributed by atoms with Gasteiger partial charge in [-0.1, -0.05) is 12.1 Å². The lowest BCUT2D eigenvalue weighted by Crippen LogP contribution is -2.54. The van der Waals surface area contributed by atoms with Crippen molar-refractivity contribution in [1.29, 1.82) is 0 Å². The van der Waals surface area contributed by atoms with Crippen LogP contribution in [0.3, 0.4) is 0 Å². The van der Waals surface area contributed by atoms with Crippen LogP contribution in [0.25, 0.3) is 5.78 Å². The van der Waals surface area contributed by atoms with Crippen LogP contribution < -0.4 is 9.64 Å². The van der Waals surface area contributed by atoms with E-state index < -0.39 is 12.0 Å². The van der Waals surface area contributed by atoms with Gasteiger partial charge in [0.2, 0.25) is 5.82 Å². The summed E-state index contributed by atoms with van der Waals surface area (Å²) in [5, 5.41) is 4.36. The summed E-state index contributed by atoms with van der Waals surface area (Å²) in [5.74, 6) is 0.297. The Morgan fingerprint density at radius 3 is 2.68 bits per heavy atom. The second-order valence-electron chi connectivity index (χ2n) is 7.61. The first-order valence-electron chi connectivity index (χ1n) is 10.2. The summed E-state index contributed by atoms with van der Waals surface area (Å²) in [6.45, 7) is 5.82. The normalized spacial score (nSPS) is 18.6. The highest BCUT2D eigenvalue weighted by Gasteiger charge is 2.37. The molecule has 10 heteroatoms. The summed E-state index contributed by atoms with van der Waals surface area (Å²) in [6, 6.07) is 9.03. The number of hydrogen-bond acceptors (Lipinski definition) is 7. The predicted molar refractivity (Wildman–Crippen MR) is 110 cm³/mol. The Labute approximate surface area is 178 Å². The third kappa shape index (κ3) is 3.48. The van der Waals surface area contributed by atoms with E-state index in [-0.39, 0.29) is 18.3 Å². The molecule has 10 nitrogen and oxygen atoms in total. The highest BCUT2D eigenvalue weighted by Crippen LogP contribution is 2.34. The fourth-order valence-electron chi connectivity index (χ4n) is 3.92. The number of benzene rings is 1. The molecule has 0 N–H and O–H groups in total. The van der Waals surface area contributed by atoms with Crippen molar-refractivity contribution in [2.75, 3.05) is 37.7 Å². The van der Waals surface area contributed by atoms with Crippen molar-refractivity contribution < 1.29 is 19.1 Å². The first-order chi connectivity index (χ1) is 15.0. The number of ether oxygens (including phenoxy) is 2. The van der Waals surface area contributed by atoms with Crippen LogP contribution in [0.1, 0.15) is 22.0 Å². The van der Waals surface area contributed by atoms with E-state index in [1.54, 1.807) is 21.5 Å². The topological polar surface area (TPSA) is 102 Å². The molecule has 2 aliphatic rings. The number of carbonyl (C=O) groups excluding carboxylic acids is 2. The third-order valence-corrected chi connectivity index (χ3v) is 5.43. The maximum Gasteiger partial charge on any atom is 0.298 e. The number of para-hydroxylation sites is 2. The number of aryl methyl sites for hydroxylation is 2. The predicted octanol–water partition coefficient (Wildman–Crippen LogP) is 1.01. The van der Waals surface area contributed by atoms with E-state index in [0.29, 0.717) is 43.5 Å². The second kappa shape index (κ2) is 7.62. The number of aromatic nitrogens is 4. The molecule has 4 heterocycles. The van der Waals surface area contributed by atoms with Crippen molar-refractivity contribution in [2.45, 2.75) is 20.0 Å². The first kappa shape index (κ1) is 19.4. The van der Waals surface area contributed by atoms with Crippen LogP contribution >= 0.6 is 0 Å². The molecule has 5 rings (SSSR count). The molecule has 2 aromatic heterocycles. The molecule has 160 valence electrons. The second-order valence-corrected chi connectivity index (χ2v) is 7.61. The molecular formula is C21H22N6O4. The van der Waals surface area contributed by atoms with Gasteiger partial charge in [-0.3, -0.25) is 14.5 Å². The first-order valence-corrected chi connectivity index (χ1v) is 10.2. The van der Waals surface area contributed by atoms with E-state index in [4.69, 9.17) is 9.47 Å². The maximum absolute atomic E-state index is 13.4. The molecule has 1 saturated heterocycles. The van der Waals surface area contributed by atoms with Crippen LogP contribution in [-0.4, -0.2) is 75.2 Å². The zero-order valence-corrected chi connectivity index (χ0v) is 17.3. The lowest BCUT2D eigenvalue weighted by molar-refractivity contribution is -0.142. The van der Waals surface area contributed by atoms with Gasteiger partial charge in [-0.2, -0.15) is 4.98 Å². The molecule has 3 aromatic rings. The van der Waals surface area contributed by atoms with E-state index in [1.165, 1.54) is 4.90 Å². The molecule has 31 heavy (non-hydrogen) atoms. The number of amides is 2. The van der Waals surface area contributed by atoms with Crippen molar-refractivity contribution in [3.05, 3.63) is 47.5 Å². The Morgan fingerprint density at radius 1 is 1.10 bits per heavy atom. The summed E-state index contributed by atoms with van der Waals surface area (Å²) >= 11 is 0. The summed E-state index contributed by atoms with van der Waals surface area (Å²) in [5.41, 5.74) is 2.21. The molecule has 0 bridgehead atoms. The Balaban J connectivity index is 1.49. The summed E-state index contributed by atoms with van der Waals surface area (Å²) in [7, 11) is 0. The minimum atomic E-state index is -0.809. The molecule has 1 fully saturated rings. The number of anilines is 1. The molecular weight excluding hydrogens is 400 g/mol. The molecule has 0 saturated carbocycles. The average molecular weight is 422 g/mol. The number of fused-ring (bicyclic) bond motifs is 2. The molecule has 2 aliphatic heterocycles. The Kier molecular flexibility index (Phi) is 4.78. The van der Waals surface area contributed by atoms with Gasteiger partial charge in [0.15, 0.2) is 6.10 Å². The monoisotopic (exact) mass is 422 g/mol. The fraction of sp³-hybridized carbons (Fsp3) is 0.381. The van der Waals surface area contributed by atoms with Gasteiger partial charge in [0.25, 0.3) is 17.6 Å². The van der Waals surface area contributed by atoms with Crippen LogP contribution in [0.4, 0.5) is 5.69 Å². The number of rotatable bonds is 2. The summed E-state index contributed by atoms with van der Waals surface area (Å²) in [4.78, 5) is 38.4. The van der Waals surface area contributed by atoms with Crippen LogP contribution in [0.2, 0.25) is 0 Å². The lowest BCUT2D eigenvalue weighted by atomic mass is 10.1. The quantitative estimate of drug-likeness (QED) is 0.607. The Morgan fingerprint density at radius 2 is 1.87 bits per heavy atom. The van der Waals surface area contributed by atoms with E-state index >= 15 is 0 Å². The smallest absolute Gasteiger partial charge is 0.298 e. The van der Waals surface area contributed by atoms with Crippen LogP contribution in [0.5, 0.6) is 5.75 Å². The fourth-order valence-corrected chi connectivity index (χ4v) is 3.92. The maximum atomic E-state index is 13.4. The van der Waals surface area contributed by atoms with Crippen LogP contribution in [0.15, 0.2) is 30.3 Å². The van der Waals surface area contributed by atoms with Gasteiger partial charge in [0.1, 0.15) is 5.75 Å². The van der Waals surface area contributed by atoms with Gasteiger partial charge in [-0.25, -0.2) is 9.50 Å². The number of morpholine rings is 1. The molecule has 1 aromatic carbocycles. The number of hydrogen-bond donors (Lipinski definition) is 0. The van der Waals surface area contributed by atoms with E-state index in [9.17, 15) is 9.59 Å².